The number of carbonyl (C=O) groups excluding carboxylic acids is 1. The first-order valence-electron chi connectivity index (χ1n) is 14.5. The maximum Gasteiger partial charge on any atom is 0.335 e. The average molecular weight is 636 g/mol. The lowest BCUT2D eigenvalue weighted by Gasteiger charge is -2.41. The molecule has 0 N–H and O–H groups in total. The van der Waals surface area contributed by atoms with Crippen molar-refractivity contribution in [1.82, 2.24) is 0 Å². The molecular weight excluding hydrogens is 587 g/mol. The minimum atomic E-state index is -2.34. The van der Waals surface area contributed by atoms with Crippen molar-refractivity contribution in [3.05, 3.63) is 74.8 Å². The van der Waals surface area contributed by atoms with Crippen molar-refractivity contribution < 1.29 is 18.4 Å². The van der Waals surface area contributed by atoms with E-state index < -0.39 is 28.8 Å². The lowest BCUT2D eigenvalue weighted by atomic mass is 9.87. The predicted octanol–water partition coefficient (Wildman–Crippen LogP) is 10.6. The first-order valence-corrected chi connectivity index (χ1v) is 21.1. The van der Waals surface area contributed by atoms with Gasteiger partial charge in [-0.1, -0.05) is 109 Å². The number of halogens is 2. The fourth-order valence-electron chi connectivity index (χ4n) is 4.46. The number of ether oxygens (including phenoxy) is 1. The normalized spacial score (nSPS) is 17.7. The number of rotatable bonds is 9. The van der Waals surface area contributed by atoms with E-state index in [1.165, 1.54) is 0 Å². The van der Waals surface area contributed by atoms with Crippen molar-refractivity contribution in [3.8, 4) is 5.75 Å². The molecule has 0 bridgehead atoms. The molecule has 0 saturated carbocycles. The van der Waals surface area contributed by atoms with Crippen LogP contribution in [0.25, 0.3) is 0 Å². The number of cyclic esters (lactones) is 1. The van der Waals surface area contributed by atoms with E-state index in [4.69, 9.17) is 36.8 Å². The van der Waals surface area contributed by atoms with Gasteiger partial charge < -0.3 is 13.6 Å². The number of benzene rings is 2. The van der Waals surface area contributed by atoms with Gasteiger partial charge in [0.25, 0.3) is 8.32 Å². The van der Waals surface area contributed by atoms with Gasteiger partial charge in [-0.15, -0.1) is 0 Å². The SMILES string of the molecule is CC(C)C1=C(Cc2ccccc2)C(=O)O[C@H]1[C@H](O[Si](C)(C)C(C)(C)C)c1cc(Cl)c(O[Si](C)(C)C(C)(C)C)c(Cl)c1. The molecule has 0 unspecified atom stereocenters. The second-order valence-electron chi connectivity index (χ2n) is 14.6. The van der Waals surface area contributed by atoms with Gasteiger partial charge in [-0.2, -0.15) is 0 Å². The van der Waals surface area contributed by atoms with Crippen LogP contribution in [0.15, 0.2) is 53.6 Å². The first kappa shape index (κ1) is 33.9. The van der Waals surface area contributed by atoms with E-state index in [2.05, 4.69) is 81.6 Å². The molecule has 2 atom stereocenters. The molecular formula is C33H48Cl2O4Si2. The molecule has 0 radical (unpaired) electrons. The van der Waals surface area contributed by atoms with Crippen LogP contribution in [0, 0.1) is 5.92 Å². The van der Waals surface area contributed by atoms with Gasteiger partial charge in [0.05, 0.1) is 10.0 Å². The fourth-order valence-corrected chi connectivity index (χ4v) is 7.46. The molecule has 1 heterocycles. The maximum atomic E-state index is 13.4. The van der Waals surface area contributed by atoms with Crippen molar-refractivity contribution in [3.63, 3.8) is 0 Å². The smallest absolute Gasteiger partial charge is 0.335 e. The van der Waals surface area contributed by atoms with Crippen molar-refractivity contribution in [2.75, 3.05) is 0 Å². The Bertz CT molecular complexity index is 1270. The van der Waals surface area contributed by atoms with Crippen LogP contribution in [0.2, 0.25) is 46.3 Å². The summed E-state index contributed by atoms with van der Waals surface area (Å²) in [6.07, 6.45) is -0.644. The molecule has 0 amide bonds. The zero-order valence-electron chi connectivity index (χ0n) is 26.9. The second-order valence-corrected chi connectivity index (χ2v) is 24.8. The molecule has 8 heteroatoms. The second kappa shape index (κ2) is 12.2. The van der Waals surface area contributed by atoms with E-state index in [1.54, 1.807) is 0 Å². The third-order valence-corrected chi connectivity index (χ3v) is 18.3. The van der Waals surface area contributed by atoms with Gasteiger partial charge in [0.2, 0.25) is 0 Å². The molecule has 4 nitrogen and oxygen atoms in total. The van der Waals surface area contributed by atoms with Gasteiger partial charge in [0.15, 0.2) is 14.4 Å². The third kappa shape index (κ3) is 7.50. The van der Waals surface area contributed by atoms with E-state index in [0.717, 1.165) is 16.7 Å². The highest BCUT2D eigenvalue weighted by Gasteiger charge is 2.47. The number of esters is 1. The summed E-state index contributed by atoms with van der Waals surface area (Å²) in [5, 5.41) is 0.785. The molecule has 2 aromatic rings. The Hall–Kier alpha value is -1.58. The lowest BCUT2D eigenvalue weighted by molar-refractivity contribution is -0.143. The van der Waals surface area contributed by atoms with Crippen LogP contribution in [0.5, 0.6) is 5.75 Å². The monoisotopic (exact) mass is 634 g/mol. The number of hydrogen-bond acceptors (Lipinski definition) is 4. The van der Waals surface area contributed by atoms with Gasteiger partial charge in [-0.3, -0.25) is 0 Å². The first-order chi connectivity index (χ1) is 18.7. The van der Waals surface area contributed by atoms with E-state index >= 15 is 0 Å². The summed E-state index contributed by atoms with van der Waals surface area (Å²) in [6, 6.07) is 13.8. The summed E-state index contributed by atoms with van der Waals surface area (Å²) in [6.45, 7) is 26.1. The average Bonchev–Trinajstić information content (AvgIpc) is 3.14. The molecule has 0 aromatic heterocycles. The molecule has 1 aliphatic heterocycles. The van der Waals surface area contributed by atoms with E-state index in [1.807, 2.05) is 42.5 Å². The zero-order valence-corrected chi connectivity index (χ0v) is 30.4. The molecule has 226 valence electrons. The van der Waals surface area contributed by atoms with Crippen LogP contribution in [-0.4, -0.2) is 28.7 Å². The summed E-state index contributed by atoms with van der Waals surface area (Å²) >= 11 is 13.8. The molecule has 41 heavy (non-hydrogen) atoms. The van der Waals surface area contributed by atoms with Crippen LogP contribution in [0.1, 0.15) is 72.6 Å². The molecule has 0 spiro atoms. The Morgan fingerprint density at radius 1 is 0.878 bits per heavy atom. The van der Waals surface area contributed by atoms with Gasteiger partial charge in [0.1, 0.15) is 11.9 Å². The Kier molecular flexibility index (Phi) is 10.1. The number of carbonyl (C=O) groups is 1. The summed E-state index contributed by atoms with van der Waals surface area (Å²) in [5.41, 5.74) is 3.52. The largest absolute Gasteiger partial charge is 0.542 e. The Morgan fingerprint density at radius 3 is 1.85 bits per heavy atom. The van der Waals surface area contributed by atoms with Crippen LogP contribution < -0.4 is 4.43 Å². The van der Waals surface area contributed by atoms with Crippen LogP contribution in [0.3, 0.4) is 0 Å². The van der Waals surface area contributed by atoms with Crippen LogP contribution >= 0.6 is 23.2 Å². The third-order valence-electron chi connectivity index (χ3n) is 9.00. The minimum Gasteiger partial charge on any atom is -0.542 e. The van der Waals surface area contributed by atoms with Crippen LogP contribution in [0.4, 0.5) is 0 Å². The molecule has 2 aromatic carbocycles. The summed E-state index contributed by atoms with van der Waals surface area (Å²) in [4.78, 5) is 13.4. The van der Waals surface area contributed by atoms with Gasteiger partial charge >= 0.3 is 5.97 Å². The van der Waals surface area contributed by atoms with Gasteiger partial charge in [-0.25, -0.2) is 4.79 Å². The highest BCUT2D eigenvalue weighted by atomic mass is 35.5. The van der Waals surface area contributed by atoms with Gasteiger partial charge in [-0.05, 0) is 71.0 Å². The van der Waals surface area contributed by atoms with Crippen molar-refractivity contribution >= 4 is 45.8 Å². The Morgan fingerprint density at radius 2 is 1.39 bits per heavy atom. The predicted molar refractivity (Wildman–Crippen MR) is 177 cm³/mol. The highest BCUT2D eigenvalue weighted by molar-refractivity contribution is 6.75. The molecule has 0 fully saturated rings. The molecule has 1 aliphatic rings. The summed E-state index contributed by atoms with van der Waals surface area (Å²) < 4.78 is 19.8. The fraction of sp³-hybridized carbons (Fsp3) is 0.545. The highest BCUT2D eigenvalue weighted by Crippen LogP contribution is 2.48. The van der Waals surface area contributed by atoms with Crippen molar-refractivity contribution in [1.29, 1.82) is 0 Å². The van der Waals surface area contributed by atoms with Gasteiger partial charge in [0, 0.05) is 12.0 Å². The summed E-state index contributed by atoms with van der Waals surface area (Å²) in [5.74, 6) is 0.284. The van der Waals surface area contributed by atoms with Crippen molar-refractivity contribution in [2.24, 2.45) is 5.92 Å². The zero-order chi connectivity index (χ0) is 31.1. The standard InChI is InChI=1S/C33H48Cl2O4Si2/c1-21(2)27-24(18-22-16-14-13-15-17-22)31(36)37-30(27)28(38-40(9,10)32(3,4)5)23-19-25(34)29(26(35)20-23)39-41(11,12)33(6,7)8/h13-17,19-21,28,30H,18H2,1-12H3/t28-,30-/m1/s1. The van der Waals surface area contributed by atoms with Crippen LogP contribution in [-0.2, 0) is 20.4 Å². The molecule has 3 rings (SSSR count). The van der Waals surface area contributed by atoms with E-state index in [0.29, 0.717) is 27.8 Å². The lowest BCUT2D eigenvalue weighted by Crippen LogP contribution is -2.44. The summed E-state index contributed by atoms with van der Waals surface area (Å²) in [7, 11) is -4.53. The van der Waals surface area contributed by atoms with Crippen molar-refractivity contribution in [2.45, 2.75) is 110 Å². The van der Waals surface area contributed by atoms with E-state index in [-0.39, 0.29) is 22.0 Å². The minimum absolute atomic E-state index is 0.0174. The Labute approximate surface area is 260 Å². The topological polar surface area (TPSA) is 44.8 Å². The number of hydrogen-bond donors (Lipinski definition) is 0. The maximum absolute atomic E-state index is 13.4. The quantitative estimate of drug-likeness (QED) is 0.203. The molecule has 0 saturated heterocycles. The molecule has 0 aliphatic carbocycles. The van der Waals surface area contributed by atoms with E-state index in [9.17, 15) is 4.79 Å². The Balaban J connectivity index is 2.16.